The first kappa shape index (κ1) is 22.9. The number of carboxylic acid groups (broad SMARTS) is 1. The molecule has 3 atom stereocenters. The molecular weight excluding hydrogens is 414 g/mol. The summed E-state index contributed by atoms with van der Waals surface area (Å²) in [5.41, 5.74) is 1.72. The molecular formula is C23H25N3O6. The number of methoxy groups -OCH3 is 1. The SMILES string of the molecule is COC(=O)c1cncc(C(=O)N2C[C@@H]3CN(C(C)=O)[C@@H](c4ccccc4)[C@@H]3C2)c1.O=CO. The van der Waals surface area contributed by atoms with Crippen LogP contribution in [-0.4, -0.2) is 70.9 Å². The second-order valence-corrected chi connectivity index (χ2v) is 7.72. The number of pyridine rings is 1. The van der Waals surface area contributed by atoms with E-state index in [0.717, 1.165) is 5.56 Å². The summed E-state index contributed by atoms with van der Waals surface area (Å²) in [6.07, 6.45) is 2.86. The van der Waals surface area contributed by atoms with E-state index in [1.807, 2.05) is 35.2 Å². The predicted octanol–water partition coefficient (Wildman–Crippen LogP) is 1.86. The van der Waals surface area contributed by atoms with Crippen LogP contribution in [0.15, 0.2) is 48.8 Å². The molecule has 2 saturated heterocycles. The number of likely N-dealkylation sites (tertiary alicyclic amines) is 2. The maximum atomic E-state index is 13.1. The highest BCUT2D eigenvalue weighted by molar-refractivity contribution is 5.97. The molecule has 2 fully saturated rings. The van der Waals surface area contributed by atoms with Crippen LogP contribution in [0.1, 0.15) is 39.2 Å². The molecule has 0 bridgehead atoms. The Labute approximate surface area is 185 Å². The highest BCUT2D eigenvalue weighted by Gasteiger charge is 2.49. The average Bonchev–Trinajstić information content (AvgIpc) is 3.37. The van der Waals surface area contributed by atoms with Gasteiger partial charge in [0.05, 0.1) is 24.3 Å². The van der Waals surface area contributed by atoms with E-state index in [0.29, 0.717) is 25.2 Å². The van der Waals surface area contributed by atoms with E-state index >= 15 is 0 Å². The molecule has 0 radical (unpaired) electrons. The normalized spacial score (nSPS) is 21.2. The first-order valence-electron chi connectivity index (χ1n) is 10.1. The Bertz CT molecular complexity index is 996. The summed E-state index contributed by atoms with van der Waals surface area (Å²) in [6, 6.07) is 11.5. The van der Waals surface area contributed by atoms with Gasteiger partial charge in [0.2, 0.25) is 5.91 Å². The molecule has 9 heteroatoms. The maximum Gasteiger partial charge on any atom is 0.339 e. The zero-order valence-corrected chi connectivity index (χ0v) is 17.9. The second-order valence-electron chi connectivity index (χ2n) is 7.72. The monoisotopic (exact) mass is 439 g/mol. The Hall–Kier alpha value is -3.75. The van der Waals surface area contributed by atoms with E-state index in [4.69, 9.17) is 14.6 Å². The summed E-state index contributed by atoms with van der Waals surface area (Å²) < 4.78 is 4.71. The molecule has 32 heavy (non-hydrogen) atoms. The van der Waals surface area contributed by atoms with Crippen molar-refractivity contribution in [3.63, 3.8) is 0 Å². The van der Waals surface area contributed by atoms with E-state index in [2.05, 4.69) is 4.98 Å². The van der Waals surface area contributed by atoms with Gasteiger partial charge in [-0.2, -0.15) is 0 Å². The van der Waals surface area contributed by atoms with E-state index in [-0.39, 0.29) is 41.7 Å². The van der Waals surface area contributed by atoms with Crippen molar-refractivity contribution in [2.75, 3.05) is 26.7 Å². The van der Waals surface area contributed by atoms with Crippen molar-refractivity contribution in [3.8, 4) is 0 Å². The number of aromatic nitrogens is 1. The summed E-state index contributed by atoms with van der Waals surface area (Å²) in [4.78, 5) is 53.1. The number of benzene rings is 1. The summed E-state index contributed by atoms with van der Waals surface area (Å²) in [7, 11) is 1.29. The quantitative estimate of drug-likeness (QED) is 0.573. The smallest absolute Gasteiger partial charge is 0.339 e. The molecule has 2 aromatic rings. The first-order valence-corrected chi connectivity index (χ1v) is 10.1. The van der Waals surface area contributed by atoms with Crippen molar-refractivity contribution in [1.29, 1.82) is 0 Å². The highest BCUT2D eigenvalue weighted by Crippen LogP contribution is 2.45. The van der Waals surface area contributed by atoms with Crippen LogP contribution >= 0.6 is 0 Å². The van der Waals surface area contributed by atoms with Crippen molar-refractivity contribution in [2.45, 2.75) is 13.0 Å². The van der Waals surface area contributed by atoms with Crippen molar-refractivity contribution in [3.05, 3.63) is 65.5 Å². The van der Waals surface area contributed by atoms with E-state index in [1.165, 1.54) is 25.6 Å². The number of fused-ring (bicyclic) bond motifs is 1. The van der Waals surface area contributed by atoms with Gasteiger partial charge in [-0.25, -0.2) is 4.79 Å². The molecule has 1 N–H and O–H groups in total. The molecule has 0 spiro atoms. The number of esters is 1. The third-order valence-electron chi connectivity index (χ3n) is 5.90. The lowest BCUT2D eigenvalue weighted by Gasteiger charge is -2.29. The summed E-state index contributed by atoms with van der Waals surface area (Å²) in [6.45, 7) is 3.14. The molecule has 4 rings (SSSR count). The van der Waals surface area contributed by atoms with Gasteiger partial charge < -0.3 is 19.6 Å². The van der Waals surface area contributed by atoms with E-state index in [1.54, 1.807) is 11.8 Å². The zero-order valence-electron chi connectivity index (χ0n) is 17.9. The Morgan fingerprint density at radius 1 is 1.09 bits per heavy atom. The van der Waals surface area contributed by atoms with E-state index < -0.39 is 5.97 Å². The van der Waals surface area contributed by atoms with E-state index in [9.17, 15) is 14.4 Å². The summed E-state index contributed by atoms with van der Waals surface area (Å²) >= 11 is 0. The third-order valence-corrected chi connectivity index (χ3v) is 5.90. The average molecular weight is 439 g/mol. The highest BCUT2D eigenvalue weighted by atomic mass is 16.5. The fourth-order valence-corrected chi connectivity index (χ4v) is 4.58. The molecule has 0 unspecified atom stereocenters. The minimum atomic E-state index is -0.522. The van der Waals surface area contributed by atoms with Crippen molar-refractivity contribution < 1.29 is 29.0 Å². The van der Waals surface area contributed by atoms with Crippen LogP contribution in [0.2, 0.25) is 0 Å². The molecule has 0 saturated carbocycles. The van der Waals surface area contributed by atoms with Gasteiger partial charge in [0.25, 0.3) is 12.4 Å². The summed E-state index contributed by atoms with van der Waals surface area (Å²) in [5.74, 6) is -0.210. The number of carbonyl (C=O) groups is 4. The number of nitrogens with zero attached hydrogens (tertiary/aromatic N) is 3. The lowest BCUT2D eigenvalue weighted by Crippen LogP contribution is -2.36. The first-order chi connectivity index (χ1) is 15.4. The fraction of sp³-hybridized carbons (Fsp3) is 0.348. The third kappa shape index (κ3) is 4.61. The Morgan fingerprint density at radius 3 is 2.38 bits per heavy atom. The molecule has 2 amide bonds. The second kappa shape index (κ2) is 10.0. The molecule has 2 aliphatic heterocycles. The van der Waals surface area contributed by atoms with Gasteiger partial charge in [-0.3, -0.25) is 19.4 Å². The largest absolute Gasteiger partial charge is 0.483 e. The van der Waals surface area contributed by atoms with Crippen LogP contribution < -0.4 is 0 Å². The molecule has 0 aliphatic carbocycles. The number of hydrogen-bond donors (Lipinski definition) is 1. The minimum absolute atomic E-state index is 0.0315. The Kier molecular flexibility index (Phi) is 7.19. The van der Waals surface area contributed by atoms with Crippen molar-refractivity contribution in [2.24, 2.45) is 11.8 Å². The van der Waals surface area contributed by atoms with Crippen LogP contribution in [0.25, 0.3) is 0 Å². The van der Waals surface area contributed by atoms with Gasteiger partial charge in [0.1, 0.15) is 0 Å². The van der Waals surface area contributed by atoms with Gasteiger partial charge in [-0.05, 0) is 11.6 Å². The lowest BCUT2D eigenvalue weighted by molar-refractivity contribution is -0.130. The van der Waals surface area contributed by atoms with Gasteiger partial charge in [0, 0.05) is 50.8 Å². The number of ether oxygens (including phenoxy) is 1. The van der Waals surface area contributed by atoms with Crippen LogP contribution in [0.4, 0.5) is 0 Å². The Balaban J connectivity index is 0.000000913. The summed E-state index contributed by atoms with van der Waals surface area (Å²) in [5, 5.41) is 6.89. The van der Waals surface area contributed by atoms with Gasteiger partial charge in [-0.1, -0.05) is 30.3 Å². The van der Waals surface area contributed by atoms with Crippen LogP contribution in [0.5, 0.6) is 0 Å². The molecule has 1 aromatic heterocycles. The topological polar surface area (TPSA) is 117 Å². The van der Waals surface area contributed by atoms with Crippen LogP contribution in [-0.2, 0) is 14.3 Å². The number of amides is 2. The van der Waals surface area contributed by atoms with Gasteiger partial charge >= 0.3 is 5.97 Å². The number of carbonyl (C=O) groups excluding carboxylic acids is 3. The maximum absolute atomic E-state index is 13.1. The number of hydrogen-bond acceptors (Lipinski definition) is 6. The fourth-order valence-electron chi connectivity index (χ4n) is 4.58. The van der Waals surface area contributed by atoms with Gasteiger partial charge in [-0.15, -0.1) is 0 Å². The molecule has 1 aromatic carbocycles. The molecule has 9 nitrogen and oxygen atoms in total. The molecule has 168 valence electrons. The van der Waals surface area contributed by atoms with Gasteiger partial charge in [0.15, 0.2) is 0 Å². The minimum Gasteiger partial charge on any atom is -0.483 e. The van der Waals surface area contributed by atoms with Crippen LogP contribution in [0.3, 0.4) is 0 Å². The van der Waals surface area contributed by atoms with Crippen molar-refractivity contribution in [1.82, 2.24) is 14.8 Å². The number of rotatable bonds is 3. The lowest BCUT2D eigenvalue weighted by atomic mass is 9.89. The predicted molar refractivity (Wildman–Crippen MR) is 114 cm³/mol. The standard InChI is InChI=1S/C22H23N3O4.CH2O2/c1-14(26)25-12-18-11-24(13-19(18)20(25)15-6-4-3-5-7-15)21(27)16-8-17(10-23-9-16)22(28)29-2;2-1-3/h3-10,18-20H,11-13H2,1-2H3;1H,(H,2,3)/t18-,19-,20+;/m1./s1. The molecule has 3 heterocycles. The molecule has 2 aliphatic rings. The van der Waals surface area contributed by atoms with Crippen LogP contribution in [0, 0.1) is 11.8 Å². The van der Waals surface area contributed by atoms with Crippen molar-refractivity contribution >= 4 is 24.3 Å². The Morgan fingerprint density at radius 2 is 1.75 bits per heavy atom. The zero-order chi connectivity index (χ0) is 23.3.